The second kappa shape index (κ2) is 6.32. The summed E-state index contributed by atoms with van der Waals surface area (Å²) in [4.78, 5) is 2.31. The van der Waals surface area contributed by atoms with Gasteiger partial charge in [0.1, 0.15) is 0 Å². The predicted molar refractivity (Wildman–Crippen MR) is 74.5 cm³/mol. The van der Waals surface area contributed by atoms with E-state index in [1.165, 1.54) is 17.7 Å². The molecule has 0 amide bonds. The van der Waals surface area contributed by atoms with Crippen molar-refractivity contribution in [3.63, 3.8) is 0 Å². The number of aryl methyl sites for hydroxylation is 1. The van der Waals surface area contributed by atoms with Crippen LogP contribution in [0.25, 0.3) is 0 Å². The summed E-state index contributed by atoms with van der Waals surface area (Å²) in [5.41, 5.74) is 0. The topological polar surface area (TPSA) is 29.5 Å². The first-order chi connectivity index (χ1) is 8.16. The summed E-state index contributed by atoms with van der Waals surface area (Å²) in [5.74, 6) is 0. The molecule has 0 spiro atoms. The average Bonchev–Trinajstić information content (AvgIpc) is 2.90. The first-order valence-corrected chi connectivity index (χ1v) is 7.83. The zero-order valence-corrected chi connectivity index (χ0v) is 12.5. The molecule has 2 nitrogen and oxygen atoms in total. The number of aliphatic hydroxyl groups is 1. The van der Waals surface area contributed by atoms with E-state index in [1.54, 1.807) is 11.3 Å². The zero-order chi connectivity index (χ0) is 12.3. The summed E-state index contributed by atoms with van der Waals surface area (Å²) < 4.78 is 6.68. The number of aliphatic hydroxyl groups excluding tert-OH is 1. The molecule has 2 heterocycles. The summed E-state index contributed by atoms with van der Waals surface area (Å²) in [6.45, 7) is 2.99. The molecular formula is C13H19BrO2S. The molecule has 4 heteroatoms. The monoisotopic (exact) mass is 318 g/mol. The summed E-state index contributed by atoms with van der Waals surface area (Å²) in [5, 5.41) is 10.1. The second-order valence-corrected chi connectivity index (χ2v) is 6.78. The Hall–Kier alpha value is 0.100. The molecule has 17 heavy (non-hydrogen) atoms. The van der Waals surface area contributed by atoms with Gasteiger partial charge < -0.3 is 9.84 Å². The summed E-state index contributed by atoms with van der Waals surface area (Å²) >= 11 is 5.16. The molecule has 0 radical (unpaired) electrons. The molecule has 1 N–H and O–H groups in total. The van der Waals surface area contributed by atoms with Crippen molar-refractivity contribution in [3.05, 3.63) is 20.3 Å². The van der Waals surface area contributed by atoms with Crippen LogP contribution in [-0.4, -0.2) is 17.8 Å². The maximum atomic E-state index is 10.1. The van der Waals surface area contributed by atoms with Crippen LogP contribution in [0.4, 0.5) is 0 Å². The Morgan fingerprint density at radius 3 is 3.06 bits per heavy atom. The maximum Gasteiger partial charge on any atom is 0.0882 e. The van der Waals surface area contributed by atoms with Crippen LogP contribution in [0.1, 0.15) is 48.0 Å². The number of ether oxygens (including phenoxy) is 1. The van der Waals surface area contributed by atoms with Gasteiger partial charge in [0.15, 0.2) is 0 Å². The fourth-order valence-electron chi connectivity index (χ4n) is 2.20. The van der Waals surface area contributed by atoms with Crippen LogP contribution in [-0.2, 0) is 4.74 Å². The first kappa shape index (κ1) is 13.5. The van der Waals surface area contributed by atoms with Gasteiger partial charge in [-0.25, -0.2) is 0 Å². The molecule has 1 aliphatic heterocycles. The zero-order valence-electron chi connectivity index (χ0n) is 10.1. The van der Waals surface area contributed by atoms with E-state index in [1.807, 2.05) is 6.07 Å². The van der Waals surface area contributed by atoms with Crippen molar-refractivity contribution >= 4 is 27.3 Å². The lowest BCUT2D eigenvalue weighted by Crippen LogP contribution is -2.05. The Morgan fingerprint density at radius 2 is 2.47 bits per heavy atom. The Labute approximate surface area is 115 Å². The fourth-order valence-corrected chi connectivity index (χ4v) is 3.78. The quantitative estimate of drug-likeness (QED) is 0.881. The highest BCUT2D eigenvalue weighted by Crippen LogP contribution is 2.33. The number of hydrogen-bond donors (Lipinski definition) is 1. The van der Waals surface area contributed by atoms with Crippen molar-refractivity contribution in [2.75, 3.05) is 6.61 Å². The standard InChI is InChI=1S/C13H19BrO2S/c1-9-11(14)8-13(17-9)12(15)6-2-4-10-5-3-7-16-10/h8,10,12,15H,2-7H2,1H3. The second-order valence-electron chi connectivity index (χ2n) is 4.63. The molecule has 0 saturated carbocycles. The van der Waals surface area contributed by atoms with Gasteiger partial charge in [-0.15, -0.1) is 11.3 Å². The van der Waals surface area contributed by atoms with Gasteiger partial charge in [0.05, 0.1) is 12.2 Å². The van der Waals surface area contributed by atoms with Gasteiger partial charge in [0.25, 0.3) is 0 Å². The maximum absolute atomic E-state index is 10.1. The molecule has 0 bridgehead atoms. The van der Waals surface area contributed by atoms with Gasteiger partial charge >= 0.3 is 0 Å². The third-order valence-electron chi connectivity index (χ3n) is 3.23. The van der Waals surface area contributed by atoms with Crippen molar-refractivity contribution in [2.45, 2.75) is 51.2 Å². The lowest BCUT2D eigenvalue weighted by molar-refractivity contribution is 0.0948. The molecule has 1 saturated heterocycles. The third-order valence-corrected chi connectivity index (χ3v) is 5.47. The SMILES string of the molecule is Cc1sc(C(O)CCCC2CCCO2)cc1Br. The number of thiophene rings is 1. The summed E-state index contributed by atoms with van der Waals surface area (Å²) in [6.07, 6.45) is 5.49. The molecule has 1 aliphatic rings. The molecule has 1 aromatic rings. The highest BCUT2D eigenvalue weighted by atomic mass is 79.9. The van der Waals surface area contributed by atoms with Gasteiger partial charge in [0, 0.05) is 20.8 Å². The first-order valence-electron chi connectivity index (χ1n) is 6.22. The smallest absolute Gasteiger partial charge is 0.0882 e. The summed E-state index contributed by atoms with van der Waals surface area (Å²) in [6, 6.07) is 2.04. The fraction of sp³-hybridized carbons (Fsp3) is 0.692. The molecule has 2 unspecified atom stereocenters. The molecule has 2 atom stereocenters. The Kier molecular flexibility index (Phi) is 5.03. The molecule has 2 rings (SSSR count). The van der Waals surface area contributed by atoms with Crippen molar-refractivity contribution in [1.29, 1.82) is 0 Å². The lowest BCUT2D eigenvalue weighted by atomic mass is 10.1. The largest absolute Gasteiger partial charge is 0.388 e. The van der Waals surface area contributed by atoms with Gasteiger partial charge in [-0.2, -0.15) is 0 Å². The molecule has 1 fully saturated rings. The highest BCUT2D eigenvalue weighted by Gasteiger charge is 2.17. The van der Waals surface area contributed by atoms with Crippen LogP contribution >= 0.6 is 27.3 Å². The van der Waals surface area contributed by atoms with Crippen molar-refractivity contribution in [1.82, 2.24) is 0 Å². The van der Waals surface area contributed by atoms with E-state index in [9.17, 15) is 5.11 Å². The van der Waals surface area contributed by atoms with Crippen molar-refractivity contribution in [2.24, 2.45) is 0 Å². The van der Waals surface area contributed by atoms with E-state index in [4.69, 9.17) is 4.74 Å². The average molecular weight is 319 g/mol. The minimum atomic E-state index is -0.314. The van der Waals surface area contributed by atoms with Crippen LogP contribution in [0.5, 0.6) is 0 Å². The van der Waals surface area contributed by atoms with E-state index < -0.39 is 0 Å². The number of hydrogen-bond acceptors (Lipinski definition) is 3. The molecular weight excluding hydrogens is 300 g/mol. The van der Waals surface area contributed by atoms with E-state index in [-0.39, 0.29) is 6.10 Å². The van der Waals surface area contributed by atoms with Gasteiger partial charge in [0.2, 0.25) is 0 Å². The van der Waals surface area contributed by atoms with Crippen molar-refractivity contribution < 1.29 is 9.84 Å². The van der Waals surface area contributed by atoms with Crippen LogP contribution < -0.4 is 0 Å². The van der Waals surface area contributed by atoms with E-state index >= 15 is 0 Å². The normalized spacial score (nSPS) is 21.9. The highest BCUT2D eigenvalue weighted by molar-refractivity contribution is 9.10. The Balaban J connectivity index is 1.74. The lowest BCUT2D eigenvalue weighted by Gasteiger charge is -2.11. The van der Waals surface area contributed by atoms with Crippen LogP contribution in [0, 0.1) is 6.92 Å². The minimum Gasteiger partial charge on any atom is -0.388 e. The molecule has 0 aliphatic carbocycles. The van der Waals surface area contributed by atoms with Crippen LogP contribution in [0.2, 0.25) is 0 Å². The summed E-state index contributed by atoms with van der Waals surface area (Å²) in [7, 11) is 0. The van der Waals surface area contributed by atoms with E-state index in [0.717, 1.165) is 35.2 Å². The van der Waals surface area contributed by atoms with Crippen molar-refractivity contribution in [3.8, 4) is 0 Å². The van der Waals surface area contributed by atoms with Gasteiger partial charge in [-0.1, -0.05) is 0 Å². The number of halogens is 1. The third kappa shape index (κ3) is 3.78. The van der Waals surface area contributed by atoms with Crippen LogP contribution in [0.15, 0.2) is 10.5 Å². The molecule has 96 valence electrons. The predicted octanol–water partition coefficient (Wildman–Crippen LogP) is 4.20. The Morgan fingerprint density at radius 1 is 1.65 bits per heavy atom. The molecule has 1 aromatic heterocycles. The Bertz CT molecular complexity index is 339. The molecule has 0 aromatic carbocycles. The van der Waals surface area contributed by atoms with E-state index in [2.05, 4.69) is 22.9 Å². The van der Waals surface area contributed by atoms with Gasteiger partial charge in [-0.3, -0.25) is 0 Å². The van der Waals surface area contributed by atoms with Gasteiger partial charge in [-0.05, 0) is 61.0 Å². The van der Waals surface area contributed by atoms with E-state index in [0.29, 0.717) is 6.10 Å². The van der Waals surface area contributed by atoms with Crippen LogP contribution in [0.3, 0.4) is 0 Å². The number of rotatable bonds is 5. The minimum absolute atomic E-state index is 0.314.